The second-order valence-corrected chi connectivity index (χ2v) is 10.1. The molecule has 1 atom stereocenters. The number of carbonyl (C=O) groups excluding carboxylic acids is 2. The molecule has 1 N–H and O–H groups in total. The second kappa shape index (κ2) is 9.20. The molecule has 0 spiro atoms. The highest BCUT2D eigenvalue weighted by atomic mass is 16.2. The summed E-state index contributed by atoms with van der Waals surface area (Å²) in [6.07, 6.45) is 5.83. The van der Waals surface area contributed by atoms with Gasteiger partial charge in [0.2, 0.25) is 5.91 Å². The number of aryl methyl sites for hydroxylation is 1. The van der Waals surface area contributed by atoms with Gasteiger partial charge in [-0.15, -0.1) is 0 Å². The van der Waals surface area contributed by atoms with E-state index in [0.29, 0.717) is 24.6 Å². The minimum atomic E-state index is -0.150. The molecular formula is C27H33N5O2. The molecule has 34 heavy (non-hydrogen) atoms. The highest BCUT2D eigenvalue weighted by Crippen LogP contribution is 2.30. The van der Waals surface area contributed by atoms with Crippen molar-refractivity contribution in [2.24, 2.45) is 11.8 Å². The molecule has 3 heterocycles. The zero-order chi connectivity index (χ0) is 23.8. The molecule has 2 amide bonds. The van der Waals surface area contributed by atoms with Crippen molar-refractivity contribution < 1.29 is 9.59 Å². The van der Waals surface area contributed by atoms with Gasteiger partial charge in [-0.1, -0.05) is 24.3 Å². The number of nitrogens with zero attached hydrogens (tertiary/aromatic N) is 4. The van der Waals surface area contributed by atoms with Crippen molar-refractivity contribution in [2.75, 3.05) is 19.6 Å². The summed E-state index contributed by atoms with van der Waals surface area (Å²) in [6.45, 7) is 8.06. The zero-order valence-electron chi connectivity index (χ0n) is 20.3. The first-order valence-corrected chi connectivity index (χ1v) is 12.4. The van der Waals surface area contributed by atoms with E-state index in [-0.39, 0.29) is 23.8 Å². The summed E-state index contributed by atoms with van der Waals surface area (Å²) in [5, 5.41) is 8.41. The topological polar surface area (TPSA) is 80.1 Å². The zero-order valence-corrected chi connectivity index (χ0v) is 20.3. The Balaban J connectivity index is 1.48. The number of hydrogen-bond acceptors (Lipinski definition) is 4. The molecule has 1 aliphatic carbocycles. The predicted molar refractivity (Wildman–Crippen MR) is 132 cm³/mol. The monoisotopic (exact) mass is 459 g/mol. The molecule has 7 heteroatoms. The summed E-state index contributed by atoms with van der Waals surface area (Å²) in [5.74, 6) is 0.526. The minimum Gasteiger partial charge on any atom is -0.356 e. The van der Waals surface area contributed by atoms with Gasteiger partial charge in [-0.05, 0) is 64.0 Å². The van der Waals surface area contributed by atoms with Gasteiger partial charge in [-0.3, -0.25) is 9.59 Å². The summed E-state index contributed by atoms with van der Waals surface area (Å²) >= 11 is 0. The van der Waals surface area contributed by atoms with Gasteiger partial charge in [0, 0.05) is 31.2 Å². The van der Waals surface area contributed by atoms with Gasteiger partial charge in [0.05, 0.1) is 28.8 Å². The Kier molecular flexibility index (Phi) is 6.11. The van der Waals surface area contributed by atoms with Crippen LogP contribution in [0.1, 0.15) is 61.5 Å². The molecule has 2 aliphatic rings. The highest BCUT2D eigenvalue weighted by Gasteiger charge is 2.31. The SMILES string of the molecule is Cc1ccccc1-c1cc(C(=O)N2CCC[C@@H](C(=O)NCC3CC3)C2)c2cnn(C(C)C)c2n1. The average Bonchev–Trinajstić information content (AvgIpc) is 3.58. The minimum absolute atomic E-state index is 0.0507. The summed E-state index contributed by atoms with van der Waals surface area (Å²) in [6, 6.07) is 10.1. The second-order valence-electron chi connectivity index (χ2n) is 10.1. The lowest BCUT2D eigenvalue weighted by Crippen LogP contribution is -2.45. The van der Waals surface area contributed by atoms with Crippen molar-refractivity contribution in [1.29, 1.82) is 0 Å². The summed E-state index contributed by atoms with van der Waals surface area (Å²) in [7, 11) is 0. The molecule has 178 valence electrons. The van der Waals surface area contributed by atoms with E-state index >= 15 is 0 Å². The van der Waals surface area contributed by atoms with Gasteiger partial charge in [-0.2, -0.15) is 5.10 Å². The van der Waals surface area contributed by atoms with Crippen LogP contribution in [-0.2, 0) is 4.79 Å². The average molecular weight is 460 g/mol. The van der Waals surface area contributed by atoms with Crippen LogP contribution in [0, 0.1) is 18.8 Å². The normalized spacial score (nSPS) is 18.5. The summed E-state index contributed by atoms with van der Waals surface area (Å²) in [5.41, 5.74) is 4.20. The van der Waals surface area contributed by atoms with Gasteiger partial charge in [0.25, 0.3) is 5.91 Å². The van der Waals surface area contributed by atoms with Gasteiger partial charge in [0.1, 0.15) is 0 Å². The standard InChI is InChI=1S/C27H33N5O2/c1-17(2)32-25-23(15-29-32)22(13-24(30-25)21-9-5-4-7-18(21)3)27(34)31-12-6-8-20(16-31)26(33)28-14-19-10-11-19/h4-5,7,9,13,15,17,19-20H,6,8,10-12,14,16H2,1-3H3,(H,28,33)/t20-/m1/s1. The molecule has 2 fully saturated rings. The van der Waals surface area contributed by atoms with Gasteiger partial charge >= 0.3 is 0 Å². The highest BCUT2D eigenvalue weighted by molar-refractivity contribution is 6.06. The first-order valence-electron chi connectivity index (χ1n) is 12.4. The van der Waals surface area contributed by atoms with E-state index in [1.807, 2.05) is 33.8 Å². The Morgan fingerprint density at radius 1 is 1.18 bits per heavy atom. The molecule has 5 rings (SSSR count). The Bertz CT molecular complexity index is 1230. The van der Waals surface area contributed by atoms with E-state index in [9.17, 15) is 9.59 Å². The summed E-state index contributed by atoms with van der Waals surface area (Å²) < 4.78 is 1.87. The lowest BCUT2D eigenvalue weighted by molar-refractivity contribution is -0.126. The smallest absolute Gasteiger partial charge is 0.254 e. The van der Waals surface area contributed by atoms with Crippen molar-refractivity contribution in [3.8, 4) is 11.3 Å². The van der Waals surface area contributed by atoms with Crippen LogP contribution >= 0.6 is 0 Å². The van der Waals surface area contributed by atoms with Crippen molar-refractivity contribution in [3.05, 3.63) is 47.7 Å². The number of amides is 2. The Morgan fingerprint density at radius 2 is 1.97 bits per heavy atom. The molecule has 0 bridgehead atoms. The quantitative estimate of drug-likeness (QED) is 0.594. The maximum absolute atomic E-state index is 13.8. The lowest BCUT2D eigenvalue weighted by Gasteiger charge is -2.32. The maximum atomic E-state index is 13.8. The number of aromatic nitrogens is 3. The molecule has 1 aliphatic heterocycles. The van der Waals surface area contributed by atoms with Crippen LogP contribution in [-0.4, -0.2) is 51.1 Å². The number of carbonyl (C=O) groups is 2. The number of benzene rings is 1. The number of hydrogen-bond donors (Lipinski definition) is 1. The van der Waals surface area contributed by atoms with Crippen LogP contribution in [0.4, 0.5) is 0 Å². The Hall–Kier alpha value is -3.22. The van der Waals surface area contributed by atoms with Crippen molar-refractivity contribution >= 4 is 22.8 Å². The lowest BCUT2D eigenvalue weighted by atomic mass is 9.95. The van der Waals surface area contributed by atoms with E-state index < -0.39 is 0 Å². The number of piperidine rings is 1. The third kappa shape index (κ3) is 4.43. The van der Waals surface area contributed by atoms with Crippen LogP contribution < -0.4 is 5.32 Å². The molecule has 1 aromatic carbocycles. The molecule has 7 nitrogen and oxygen atoms in total. The number of pyridine rings is 1. The van der Waals surface area contributed by atoms with E-state index in [1.165, 1.54) is 12.8 Å². The fraction of sp³-hybridized carbons (Fsp3) is 0.481. The van der Waals surface area contributed by atoms with Crippen LogP contribution in [0.5, 0.6) is 0 Å². The third-order valence-electron chi connectivity index (χ3n) is 7.05. The van der Waals surface area contributed by atoms with Crippen molar-refractivity contribution in [3.63, 3.8) is 0 Å². The van der Waals surface area contributed by atoms with Crippen LogP contribution in [0.2, 0.25) is 0 Å². The van der Waals surface area contributed by atoms with Gasteiger partial charge in [0.15, 0.2) is 5.65 Å². The van der Waals surface area contributed by atoms with E-state index in [2.05, 4.69) is 37.3 Å². The Morgan fingerprint density at radius 3 is 2.71 bits per heavy atom. The van der Waals surface area contributed by atoms with E-state index in [1.54, 1.807) is 6.20 Å². The maximum Gasteiger partial charge on any atom is 0.254 e. The number of likely N-dealkylation sites (tertiary alicyclic amines) is 1. The molecule has 1 saturated heterocycles. The first kappa shape index (κ1) is 22.6. The number of nitrogens with one attached hydrogen (secondary N) is 1. The first-order chi connectivity index (χ1) is 16.4. The van der Waals surface area contributed by atoms with E-state index in [0.717, 1.165) is 47.2 Å². The fourth-order valence-corrected chi connectivity index (χ4v) is 4.83. The number of rotatable bonds is 6. The fourth-order valence-electron chi connectivity index (χ4n) is 4.83. The predicted octanol–water partition coefficient (Wildman–Crippen LogP) is 4.37. The van der Waals surface area contributed by atoms with Crippen LogP contribution in [0.3, 0.4) is 0 Å². The largest absolute Gasteiger partial charge is 0.356 e. The van der Waals surface area contributed by atoms with Crippen molar-refractivity contribution in [2.45, 2.75) is 52.5 Å². The van der Waals surface area contributed by atoms with Crippen molar-refractivity contribution in [1.82, 2.24) is 25.0 Å². The molecule has 0 unspecified atom stereocenters. The van der Waals surface area contributed by atoms with Gasteiger partial charge in [-0.25, -0.2) is 9.67 Å². The molecule has 2 aromatic heterocycles. The number of fused-ring (bicyclic) bond motifs is 1. The Labute approximate surface area is 200 Å². The molecule has 1 saturated carbocycles. The molecule has 3 aromatic rings. The molecular weight excluding hydrogens is 426 g/mol. The molecule has 0 radical (unpaired) electrons. The van der Waals surface area contributed by atoms with Crippen LogP contribution in [0.15, 0.2) is 36.5 Å². The van der Waals surface area contributed by atoms with E-state index in [4.69, 9.17) is 4.98 Å². The third-order valence-corrected chi connectivity index (χ3v) is 7.05. The van der Waals surface area contributed by atoms with Crippen LogP contribution in [0.25, 0.3) is 22.3 Å². The van der Waals surface area contributed by atoms with Gasteiger partial charge < -0.3 is 10.2 Å². The summed E-state index contributed by atoms with van der Waals surface area (Å²) in [4.78, 5) is 33.3.